The molecule has 2 saturated heterocycles. The van der Waals surface area contributed by atoms with Gasteiger partial charge < -0.3 is 20.5 Å². The van der Waals surface area contributed by atoms with Crippen molar-refractivity contribution < 1.29 is 19.4 Å². The SMILES string of the molecule is NC1(C(=O)N2CSC[C@H]2C(=O)O)CCOCC1. The Hall–Kier alpha value is -0.790. The van der Waals surface area contributed by atoms with Crippen molar-refractivity contribution in [1.29, 1.82) is 0 Å². The molecule has 7 heteroatoms. The maximum absolute atomic E-state index is 12.3. The molecule has 0 radical (unpaired) electrons. The number of rotatable bonds is 2. The van der Waals surface area contributed by atoms with E-state index in [-0.39, 0.29) is 5.91 Å². The molecule has 3 N–H and O–H groups in total. The van der Waals surface area contributed by atoms with Crippen molar-refractivity contribution >= 4 is 23.6 Å². The smallest absolute Gasteiger partial charge is 0.327 e. The first kappa shape index (κ1) is 12.7. The molecule has 96 valence electrons. The monoisotopic (exact) mass is 260 g/mol. The number of carbonyl (C=O) groups excluding carboxylic acids is 1. The van der Waals surface area contributed by atoms with Crippen molar-refractivity contribution in [2.24, 2.45) is 5.73 Å². The summed E-state index contributed by atoms with van der Waals surface area (Å²) in [5.74, 6) is -0.360. The van der Waals surface area contributed by atoms with Gasteiger partial charge in [0.05, 0.1) is 11.4 Å². The Morgan fingerprint density at radius 3 is 2.65 bits per heavy atom. The quantitative estimate of drug-likeness (QED) is 0.694. The molecule has 2 rings (SSSR count). The first-order valence-electron chi connectivity index (χ1n) is 5.53. The average molecular weight is 260 g/mol. The number of nitrogens with two attached hydrogens (primary N) is 1. The van der Waals surface area contributed by atoms with E-state index in [9.17, 15) is 9.59 Å². The van der Waals surface area contributed by atoms with Gasteiger partial charge in [-0.2, -0.15) is 0 Å². The van der Waals surface area contributed by atoms with Gasteiger partial charge in [0.15, 0.2) is 0 Å². The number of carboxylic acid groups (broad SMARTS) is 1. The Bertz CT molecular complexity index is 330. The van der Waals surface area contributed by atoms with Gasteiger partial charge in [-0.25, -0.2) is 4.79 Å². The van der Waals surface area contributed by atoms with Gasteiger partial charge in [0.25, 0.3) is 0 Å². The molecular weight excluding hydrogens is 244 g/mol. The lowest BCUT2D eigenvalue weighted by molar-refractivity contribution is -0.151. The number of ether oxygens (including phenoxy) is 1. The number of amides is 1. The van der Waals surface area contributed by atoms with Crippen LogP contribution < -0.4 is 5.73 Å². The Morgan fingerprint density at radius 2 is 2.06 bits per heavy atom. The molecule has 1 atom stereocenters. The zero-order chi connectivity index (χ0) is 12.5. The molecule has 0 unspecified atom stereocenters. The summed E-state index contributed by atoms with van der Waals surface area (Å²) in [4.78, 5) is 24.7. The number of hydrogen-bond acceptors (Lipinski definition) is 5. The van der Waals surface area contributed by atoms with Gasteiger partial charge in [0.1, 0.15) is 6.04 Å². The second kappa shape index (κ2) is 4.83. The zero-order valence-corrected chi connectivity index (χ0v) is 10.2. The van der Waals surface area contributed by atoms with Crippen LogP contribution in [0.25, 0.3) is 0 Å². The third kappa shape index (κ3) is 2.41. The topological polar surface area (TPSA) is 92.9 Å². The Kier molecular flexibility index (Phi) is 3.60. The van der Waals surface area contributed by atoms with Crippen molar-refractivity contribution in [3.8, 4) is 0 Å². The highest BCUT2D eigenvalue weighted by Gasteiger charge is 2.44. The van der Waals surface area contributed by atoms with E-state index in [0.717, 1.165) is 0 Å². The molecule has 0 aromatic rings. The lowest BCUT2D eigenvalue weighted by Gasteiger charge is -2.36. The van der Waals surface area contributed by atoms with Crippen LogP contribution in [-0.2, 0) is 14.3 Å². The molecule has 2 fully saturated rings. The fraction of sp³-hybridized carbons (Fsp3) is 0.800. The predicted octanol–water partition coefficient (Wildman–Crippen LogP) is -0.520. The Labute approximate surface area is 103 Å². The van der Waals surface area contributed by atoms with Crippen LogP contribution in [0.2, 0.25) is 0 Å². The lowest BCUT2D eigenvalue weighted by Crippen LogP contribution is -2.60. The van der Waals surface area contributed by atoms with E-state index >= 15 is 0 Å². The van der Waals surface area contributed by atoms with E-state index in [2.05, 4.69) is 0 Å². The molecule has 0 spiro atoms. The van der Waals surface area contributed by atoms with Crippen LogP contribution in [0.15, 0.2) is 0 Å². The maximum atomic E-state index is 12.3. The van der Waals surface area contributed by atoms with Crippen molar-refractivity contribution in [3.05, 3.63) is 0 Å². The first-order chi connectivity index (χ1) is 8.04. The van der Waals surface area contributed by atoms with E-state index < -0.39 is 17.6 Å². The van der Waals surface area contributed by atoms with Crippen LogP contribution in [0.4, 0.5) is 0 Å². The molecule has 6 nitrogen and oxygen atoms in total. The number of hydrogen-bond donors (Lipinski definition) is 2. The van der Waals surface area contributed by atoms with E-state index in [4.69, 9.17) is 15.6 Å². The number of aliphatic carboxylic acids is 1. The third-order valence-corrected chi connectivity index (χ3v) is 4.25. The van der Waals surface area contributed by atoms with Crippen molar-refractivity contribution in [2.75, 3.05) is 24.8 Å². The molecule has 1 amide bonds. The summed E-state index contributed by atoms with van der Waals surface area (Å²) in [6, 6.07) is -0.740. The molecule has 0 aliphatic carbocycles. The molecular formula is C10H16N2O4S. The lowest BCUT2D eigenvalue weighted by atomic mass is 9.89. The molecule has 2 aliphatic heterocycles. The van der Waals surface area contributed by atoms with Gasteiger partial charge in [-0.1, -0.05) is 0 Å². The second-order valence-corrected chi connectivity index (χ2v) is 5.40. The summed E-state index contributed by atoms with van der Waals surface area (Å²) in [7, 11) is 0. The molecule has 0 bridgehead atoms. The Morgan fingerprint density at radius 1 is 1.41 bits per heavy atom. The first-order valence-corrected chi connectivity index (χ1v) is 6.68. The fourth-order valence-electron chi connectivity index (χ4n) is 2.08. The molecule has 17 heavy (non-hydrogen) atoms. The summed E-state index contributed by atoms with van der Waals surface area (Å²) in [6.07, 6.45) is 0.915. The number of thioether (sulfide) groups is 1. The highest BCUT2D eigenvalue weighted by molar-refractivity contribution is 7.99. The van der Waals surface area contributed by atoms with Crippen molar-refractivity contribution in [2.45, 2.75) is 24.4 Å². The second-order valence-electron chi connectivity index (χ2n) is 4.40. The van der Waals surface area contributed by atoms with Crippen LogP contribution in [-0.4, -0.2) is 58.3 Å². The standard InChI is InChI=1S/C10H16N2O4S/c11-10(1-3-16-4-2-10)9(15)12-6-17-5-7(12)8(13)14/h7H,1-6,11H2,(H,13,14)/t7-/m0/s1. The van der Waals surface area contributed by atoms with E-state index in [1.807, 2.05) is 0 Å². The highest BCUT2D eigenvalue weighted by Crippen LogP contribution is 2.27. The average Bonchev–Trinajstić information content (AvgIpc) is 2.77. The van der Waals surface area contributed by atoms with Gasteiger partial charge in [-0.15, -0.1) is 11.8 Å². The normalized spacial score (nSPS) is 28.1. The van der Waals surface area contributed by atoms with E-state index in [1.165, 1.54) is 16.7 Å². The number of carboxylic acids is 1. The van der Waals surface area contributed by atoms with Crippen LogP contribution >= 0.6 is 11.8 Å². The minimum atomic E-state index is -0.959. The number of nitrogens with zero attached hydrogens (tertiary/aromatic N) is 1. The van der Waals surface area contributed by atoms with Gasteiger partial charge in [0.2, 0.25) is 5.91 Å². The van der Waals surface area contributed by atoms with Crippen LogP contribution in [0.3, 0.4) is 0 Å². The van der Waals surface area contributed by atoms with Crippen LogP contribution in [0.5, 0.6) is 0 Å². The maximum Gasteiger partial charge on any atom is 0.327 e. The highest BCUT2D eigenvalue weighted by atomic mass is 32.2. The van der Waals surface area contributed by atoms with Gasteiger partial charge in [-0.05, 0) is 12.8 Å². The van der Waals surface area contributed by atoms with Crippen LogP contribution in [0.1, 0.15) is 12.8 Å². The molecule has 0 aromatic heterocycles. The fourth-order valence-corrected chi connectivity index (χ4v) is 3.23. The predicted molar refractivity (Wildman–Crippen MR) is 62.6 cm³/mol. The Balaban J connectivity index is 2.10. The largest absolute Gasteiger partial charge is 0.480 e. The molecule has 2 heterocycles. The summed E-state index contributed by atoms with van der Waals surface area (Å²) in [5.41, 5.74) is 5.12. The minimum Gasteiger partial charge on any atom is -0.480 e. The minimum absolute atomic E-state index is 0.252. The van der Waals surface area contributed by atoms with Crippen molar-refractivity contribution in [1.82, 2.24) is 4.90 Å². The van der Waals surface area contributed by atoms with Gasteiger partial charge >= 0.3 is 5.97 Å². The van der Waals surface area contributed by atoms with E-state index in [1.54, 1.807) is 0 Å². The summed E-state index contributed by atoms with van der Waals surface area (Å²) < 4.78 is 5.18. The third-order valence-electron chi connectivity index (χ3n) is 3.24. The molecule has 0 aromatic carbocycles. The summed E-state index contributed by atoms with van der Waals surface area (Å²) >= 11 is 1.45. The molecule has 0 saturated carbocycles. The van der Waals surface area contributed by atoms with E-state index in [0.29, 0.717) is 37.7 Å². The van der Waals surface area contributed by atoms with Crippen molar-refractivity contribution in [3.63, 3.8) is 0 Å². The van der Waals surface area contributed by atoms with Gasteiger partial charge in [0, 0.05) is 19.0 Å². The zero-order valence-electron chi connectivity index (χ0n) is 9.42. The van der Waals surface area contributed by atoms with Gasteiger partial charge in [-0.3, -0.25) is 4.79 Å². The summed E-state index contributed by atoms with van der Waals surface area (Å²) in [6.45, 7) is 0.919. The number of carbonyl (C=O) groups is 2. The van der Waals surface area contributed by atoms with Crippen LogP contribution in [0, 0.1) is 0 Å². The summed E-state index contributed by atoms with van der Waals surface area (Å²) in [5, 5.41) is 9.04. The molecule has 2 aliphatic rings.